The number of piperidine rings is 1. The number of carbonyl (C=O) groups is 1. The number of hydrogen-bond donors (Lipinski definition) is 0. The van der Waals surface area contributed by atoms with Gasteiger partial charge in [-0.3, -0.25) is 9.69 Å². The molecule has 2 fully saturated rings. The van der Waals surface area contributed by atoms with E-state index in [4.69, 9.17) is 4.74 Å². The van der Waals surface area contributed by atoms with Gasteiger partial charge in [0.1, 0.15) is 0 Å². The molecule has 0 amide bonds. The SMILES string of the molecule is COc1cc(C(=O)C2CC3CCC(C2)N3Cc2ccccc2)ccn1. The smallest absolute Gasteiger partial charge is 0.213 e. The lowest BCUT2D eigenvalue weighted by Gasteiger charge is -2.38. The number of benzene rings is 1. The van der Waals surface area contributed by atoms with Crippen LogP contribution in [0.1, 0.15) is 41.6 Å². The fraction of sp³-hybridized carbons (Fsp3) is 0.429. The molecule has 25 heavy (non-hydrogen) atoms. The van der Waals surface area contributed by atoms with Crippen LogP contribution >= 0.6 is 0 Å². The number of fused-ring (bicyclic) bond motifs is 2. The number of rotatable bonds is 5. The molecule has 3 heterocycles. The molecule has 2 atom stereocenters. The lowest BCUT2D eigenvalue weighted by Crippen LogP contribution is -2.44. The maximum Gasteiger partial charge on any atom is 0.213 e. The van der Waals surface area contributed by atoms with E-state index in [0.29, 0.717) is 18.0 Å². The molecule has 0 aliphatic carbocycles. The van der Waals surface area contributed by atoms with Gasteiger partial charge in [-0.05, 0) is 37.3 Å². The van der Waals surface area contributed by atoms with Gasteiger partial charge in [-0.1, -0.05) is 30.3 Å². The van der Waals surface area contributed by atoms with Crippen molar-refractivity contribution in [1.82, 2.24) is 9.88 Å². The Morgan fingerprint density at radius 3 is 2.56 bits per heavy atom. The number of hydrogen-bond acceptors (Lipinski definition) is 4. The van der Waals surface area contributed by atoms with E-state index in [1.807, 2.05) is 6.07 Å². The number of pyridine rings is 1. The molecule has 4 nitrogen and oxygen atoms in total. The van der Waals surface area contributed by atoms with E-state index in [1.165, 1.54) is 18.4 Å². The van der Waals surface area contributed by atoms with Crippen LogP contribution in [0.4, 0.5) is 0 Å². The number of methoxy groups -OCH3 is 1. The Morgan fingerprint density at radius 2 is 1.88 bits per heavy atom. The topological polar surface area (TPSA) is 42.4 Å². The van der Waals surface area contributed by atoms with Crippen LogP contribution in [0.5, 0.6) is 5.88 Å². The molecule has 2 aliphatic heterocycles. The Morgan fingerprint density at radius 1 is 1.16 bits per heavy atom. The molecule has 1 aromatic heterocycles. The number of aromatic nitrogens is 1. The third-order valence-electron chi connectivity index (χ3n) is 5.69. The summed E-state index contributed by atoms with van der Waals surface area (Å²) in [5.41, 5.74) is 2.09. The minimum Gasteiger partial charge on any atom is -0.481 e. The lowest BCUT2D eigenvalue weighted by atomic mass is 9.84. The summed E-state index contributed by atoms with van der Waals surface area (Å²) in [5.74, 6) is 0.879. The maximum absolute atomic E-state index is 12.9. The molecular formula is C21H24N2O2. The minimum atomic E-state index is 0.122. The van der Waals surface area contributed by atoms with Gasteiger partial charge in [0.05, 0.1) is 7.11 Å². The second kappa shape index (κ2) is 6.96. The summed E-state index contributed by atoms with van der Waals surface area (Å²) < 4.78 is 5.16. The van der Waals surface area contributed by atoms with E-state index in [9.17, 15) is 4.79 Å². The maximum atomic E-state index is 12.9. The standard InChI is InChI=1S/C21H24N2O2/c1-25-20-13-16(9-10-22-20)21(24)17-11-18-7-8-19(12-17)23(18)14-15-5-3-2-4-6-15/h2-6,9-10,13,17-19H,7-8,11-12,14H2,1H3. The summed E-state index contributed by atoms with van der Waals surface area (Å²) in [6.07, 6.45) is 6.01. The predicted octanol–water partition coefficient (Wildman–Crippen LogP) is 3.72. The van der Waals surface area contributed by atoms with Crippen LogP contribution in [-0.2, 0) is 6.54 Å². The molecule has 2 saturated heterocycles. The van der Waals surface area contributed by atoms with Crippen molar-refractivity contribution in [3.05, 3.63) is 59.8 Å². The minimum absolute atomic E-state index is 0.122. The van der Waals surface area contributed by atoms with Crippen molar-refractivity contribution in [2.24, 2.45) is 5.92 Å². The second-order valence-corrected chi connectivity index (χ2v) is 7.16. The van der Waals surface area contributed by atoms with Gasteiger partial charge in [-0.2, -0.15) is 0 Å². The van der Waals surface area contributed by atoms with Crippen molar-refractivity contribution in [1.29, 1.82) is 0 Å². The van der Waals surface area contributed by atoms with E-state index in [-0.39, 0.29) is 11.7 Å². The zero-order chi connectivity index (χ0) is 17.2. The molecule has 1 aromatic carbocycles. The van der Waals surface area contributed by atoms with Gasteiger partial charge >= 0.3 is 0 Å². The van der Waals surface area contributed by atoms with Gasteiger partial charge in [-0.25, -0.2) is 4.98 Å². The Kier molecular flexibility index (Phi) is 4.53. The van der Waals surface area contributed by atoms with Crippen LogP contribution in [0.25, 0.3) is 0 Å². The summed E-state index contributed by atoms with van der Waals surface area (Å²) in [5, 5.41) is 0. The molecule has 4 heteroatoms. The van der Waals surface area contributed by atoms with Gasteiger partial charge in [0.25, 0.3) is 0 Å². The first-order chi connectivity index (χ1) is 12.2. The van der Waals surface area contributed by atoms with E-state index in [0.717, 1.165) is 24.9 Å². The quantitative estimate of drug-likeness (QED) is 0.781. The number of nitrogens with zero attached hydrogens (tertiary/aromatic N) is 2. The number of carbonyl (C=O) groups excluding carboxylic acids is 1. The summed E-state index contributed by atoms with van der Waals surface area (Å²) >= 11 is 0. The highest BCUT2D eigenvalue weighted by atomic mass is 16.5. The Bertz CT molecular complexity index is 733. The number of Topliss-reactive ketones (excluding diaryl/α,β-unsaturated/α-hetero) is 1. The van der Waals surface area contributed by atoms with Crippen LogP contribution < -0.4 is 4.74 Å². The van der Waals surface area contributed by atoms with Crippen LogP contribution in [0.3, 0.4) is 0 Å². The van der Waals surface area contributed by atoms with Crippen molar-refractivity contribution >= 4 is 5.78 Å². The molecule has 2 aromatic rings. The first-order valence-electron chi connectivity index (χ1n) is 9.08. The summed E-state index contributed by atoms with van der Waals surface area (Å²) in [6.45, 7) is 1.00. The highest BCUT2D eigenvalue weighted by Crippen LogP contribution is 2.40. The molecule has 2 unspecified atom stereocenters. The van der Waals surface area contributed by atoms with Crippen LogP contribution in [-0.4, -0.2) is 34.9 Å². The van der Waals surface area contributed by atoms with Crippen LogP contribution in [0.15, 0.2) is 48.7 Å². The van der Waals surface area contributed by atoms with E-state index < -0.39 is 0 Å². The van der Waals surface area contributed by atoms with Crippen LogP contribution in [0, 0.1) is 5.92 Å². The lowest BCUT2D eigenvalue weighted by molar-refractivity contribution is 0.0678. The third kappa shape index (κ3) is 3.31. The Labute approximate surface area is 148 Å². The van der Waals surface area contributed by atoms with Crippen LogP contribution in [0.2, 0.25) is 0 Å². The molecule has 0 N–H and O–H groups in total. The molecule has 0 saturated carbocycles. The average Bonchev–Trinajstić information content (AvgIpc) is 2.90. The summed E-state index contributed by atoms with van der Waals surface area (Å²) in [7, 11) is 1.58. The molecular weight excluding hydrogens is 312 g/mol. The first-order valence-corrected chi connectivity index (χ1v) is 9.08. The Hall–Kier alpha value is -2.20. The van der Waals surface area contributed by atoms with Crippen molar-refractivity contribution in [3.63, 3.8) is 0 Å². The fourth-order valence-electron chi connectivity index (χ4n) is 4.45. The number of ether oxygens (including phenoxy) is 1. The highest BCUT2D eigenvalue weighted by molar-refractivity contribution is 5.98. The molecule has 0 spiro atoms. The highest BCUT2D eigenvalue weighted by Gasteiger charge is 2.42. The average molecular weight is 336 g/mol. The molecule has 4 rings (SSSR count). The van der Waals surface area contributed by atoms with Gasteiger partial charge in [0.2, 0.25) is 5.88 Å². The van der Waals surface area contributed by atoms with Gasteiger partial charge in [0, 0.05) is 42.4 Å². The van der Waals surface area contributed by atoms with Crippen molar-refractivity contribution in [3.8, 4) is 5.88 Å². The van der Waals surface area contributed by atoms with E-state index >= 15 is 0 Å². The molecule has 0 radical (unpaired) electrons. The third-order valence-corrected chi connectivity index (χ3v) is 5.69. The Balaban J connectivity index is 1.46. The monoisotopic (exact) mass is 336 g/mol. The van der Waals surface area contributed by atoms with Gasteiger partial charge in [-0.15, -0.1) is 0 Å². The van der Waals surface area contributed by atoms with Crippen molar-refractivity contribution < 1.29 is 9.53 Å². The van der Waals surface area contributed by atoms with E-state index in [2.05, 4.69) is 40.2 Å². The van der Waals surface area contributed by atoms with Gasteiger partial charge < -0.3 is 4.74 Å². The van der Waals surface area contributed by atoms with Crippen molar-refractivity contribution in [2.45, 2.75) is 44.3 Å². The second-order valence-electron chi connectivity index (χ2n) is 7.16. The summed E-state index contributed by atoms with van der Waals surface area (Å²) in [6, 6.07) is 15.3. The first kappa shape index (κ1) is 16.3. The molecule has 130 valence electrons. The zero-order valence-corrected chi connectivity index (χ0v) is 14.6. The normalized spacial score (nSPS) is 25.7. The zero-order valence-electron chi connectivity index (χ0n) is 14.6. The number of ketones is 1. The fourth-order valence-corrected chi connectivity index (χ4v) is 4.45. The molecule has 2 aliphatic rings. The summed E-state index contributed by atoms with van der Waals surface area (Å²) in [4.78, 5) is 19.7. The predicted molar refractivity (Wildman–Crippen MR) is 96.6 cm³/mol. The largest absolute Gasteiger partial charge is 0.481 e. The molecule has 2 bridgehead atoms. The van der Waals surface area contributed by atoms with Crippen molar-refractivity contribution in [2.75, 3.05) is 7.11 Å². The van der Waals surface area contributed by atoms with Gasteiger partial charge in [0.15, 0.2) is 5.78 Å². The van der Waals surface area contributed by atoms with E-state index in [1.54, 1.807) is 19.4 Å².